The van der Waals surface area contributed by atoms with E-state index in [2.05, 4.69) is 4.90 Å². The molecule has 0 aromatic carbocycles. The first-order valence-corrected chi connectivity index (χ1v) is 7.99. The van der Waals surface area contributed by atoms with Gasteiger partial charge in [0.25, 0.3) is 0 Å². The molecule has 5 aliphatic rings. The Morgan fingerprint density at radius 2 is 1.44 bits per heavy atom. The summed E-state index contributed by atoms with van der Waals surface area (Å²) in [7, 11) is 0. The summed E-state index contributed by atoms with van der Waals surface area (Å²) in [5, 5.41) is 0. The number of likely N-dealkylation sites (tertiary alicyclic amines) is 1. The average Bonchev–Trinajstić information content (AvgIpc) is 2.79. The zero-order valence-corrected chi connectivity index (χ0v) is 11.4. The van der Waals surface area contributed by atoms with E-state index in [-0.39, 0.29) is 5.41 Å². The van der Waals surface area contributed by atoms with Gasteiger partial charge in [-0.05, 0) is 82.2 Å². The van der Waals surface area contributed by atoms with Crippen LogP contribution in [0, 0.1) is 23.2 Å². The van der Waals surface area contributed by atoms with Crippen LogP contribution in [0.5, 0.6) is 0 Å². The molecule has 0 unspecified atom stereocenters. The summed E-state index contributed by atoms with van der Waals surface area (Å²) in [6, 6.07) is 0. The van der Waals surface area contributed by atoms with Crippen LogP contribution < -0.4 is 0 Å². The molecule has 1 saturated heterocycles. The number of carbonyl (C=O) groups excluding carboxylic acids is 1. The van der Waals surface area contributed by atoms with Crippen LogP contribution in [0.15, 0.2) is 0 Å². The molecule has 1 heterocycles. The van der Waals surface area contributed by atoms with Gasteiger partial charge in [0.2, 0.25) is 0 Å². The van der Waals surface area contributed by atoms with Crippen molar-refractivity contribution in [2.45, 2.75) is 51.4 Å². The Morgan fingerprint density at radius 1 is 0.944 bits per heavy atom. The van der Waals surface area contributed by atoms with Gasteiger partial charge in [-0.15, -0.1) is 0 Å². The topological polar surface area (TPSA) is 20.3 Å². The van der Waals surface area contributed by atoms with Gasteiger partial charge in [0.05, 0.1) is 6.54 Å². The third-order valence-corrected chi connectivity index (χ3v) is 6.20. The summed E-state index contributed by atoms with van der Waals surface area (Å²) in [4.78, 5) is 15.2. The fourth-order valence-electron chi connectivity index (χ4n) is 5.76. The van der Waals surface area contributed by atoms with Crippen molar-refractivity contribution in [2.75, 3.05) is 19.6 Å². The molecule has 0 aromatic rings. The van der Waals surface area contributed by atoms with E-state index in [0.717, 1.165) is 37.4 Å². The Bertz CT molecular complexity index is 321. The minimum Gasteiger partial charge on any atom is -0.298 e. The lowest BCUT2D eigenvalue weighted by Crippen LogP contribution is -2.52. The smallest absolute Gasteiger partial charge is 0.152 e. The van der Waals surface area contributed by atoms with Gasteiger partial charge in [-0.25, -0.2) is 0 Å². The summed E-state index contributed by atoms with van der Waals surface area (Å²) in [6.07, 6.45) is 10.6. The van der Waals surface area contributed by atoms with E-state index in [1.807, 2.05) is 0 Å². The molecule has 0 amide bonds. The van der Waals surface area contributed by atoms with Gasteiger partial charge in [-0.3, -0.25) is 9.69 Å². The highest BCUT2D eigenvalue weighted by Crippen LogP contribution is 2.60. The maximum absolute atomic E-state index is 12.8. The van der Waals surface area contributed by atoms with Gasteiger partial charge in [0, 0.05) is 5.41 Å². The molecular formula is C16H25NO. The molecule has 0 atom stereocenters. The molecule has 2 heteroatoms. The third kappa shape index (κ3) is 1.76. The van der Waals surface area contributed by atoms with Crippen LogP contribution >= 0.6 is 0 Å². The molecule has 2 nitrogen and oxygen atoms in total. The number of carbonyl (C=O) groups is 1. The van der Waals surface area contributed by atoms with Crippen LogP contribution in [0.1, 0.15) is 51.4 Å². The second kappa shape index (κ2) is 4.06. The molecule has 5 fully saturated rings. The van der Waals surface area contributed by atoms with Crippen LogP contribution in [0.25, 0.3) is 0 Å². The SMILES string of the molecule is O=C(CN1CCCC1)C12CC3CC(CC(C3)C1)C2. The fourth-order valence-corrected chi connectivity index (χ4v) is 5.76. The first kappa shape index (κ1) is 11.5. The van der Waals surface area contributed by atoms with Gasteiger partial charge in [0.1, 0.15) is 0 Å². The van der Waals surface area contributed by atoms with Crippen molar-refractivity contribution in [3.05, 3.63) is 0 Å². The van der Waals surface area contributed by atoms with Crippen molar-refractivity contribution in [1.82, 2.24) is 4.90 Å². The number of rotatable bonds is 3. The van der Waals surface area contributed by atoms with E-state index >= 15 is 0 Å². The van der Waals surface area contributed by atoms with Crippen molar-refractivity contribution < 1.29 is 4.79 Å². The lowest BCUT2D eigenvalue weighted by molar-refractivity contribution is -0.144. The molecule has 4 aliphatic carbocycles. The average molecular weight is 247 g/mol. The maximum Gasteiger partial charge on any atom is 0.152 e. The Hall–Kier alpha value is -0.370. The van der Waals surface area contributed by atoms with Crippen molar-refractivity contribution >= 4 is 5.78 Å². The summed E-state index contributed by atoms with van der Waals surface area (Å²) >= 11 is 0. The predicted molar refractivity (Wildman–Crippen MR) is 71.3 cm³/mol. The molecule has 4 bridgehead atoms. The molecule has 0 aromatic heterocycles. The van der Waals surface area contributed by atoms with Crippen LogP contribution in [0.3, 0.4) is 0 Å². The minimum atomic E-state index is 0.136. The fraction of sp³-hybridized carbons (Fsp3) is 0.938. The Labute approximate surface area is 110 Å². The van der Waals surface area contributed by atoms with Crippen molar-refractivity contribution in [2.24, 2.45) is 23.2 Å². The molecular weight excluding hydrogens is 222 g/mol. The molecule has 100 valence electrons. The summed E-state index contributed by atoms with van der Waals surface area (Å²) in [6.45, 7) is 3.10. The number of hydrogen-bond acceptors (Lipinski definition) is 2. The summed E-state index contributed by atoms with van der Waals surface area (Å²) < 4.78 is 0. The predicted octanol–water partition coefficient (Wildman–Crippen LogP) is 2.87. The van der Waals surface area contributed by atoms with E-state index in [4.69, 9.17) is 0 Å². The van der Waals surface area contributed by atoms with E-state index in [1.54, 1.807) is 0 Å². The van der Waals surface area contributed by atoms with Crippen molar-refractivity contribution in [3.8, 4) is 0 Å². The Kier molecular flexibility index (Phi) is 2.58. The lowest BCUT2D eigenvalue weighted by Gasteiger charge is -2.56. The van der Waals surface area contributed by atoms with E-state index in [0.29, 0.717) is 5.78 Å². The van der Waals surface area contributed by atoms with Gasteiger partial charge in [0.15, 0.2) is 5.78 Å². The van der Waals surface area contributed by atoms with Gasteiger partial charge >= 0.3 is 0 Å². The number of Topliss-reactive ketones (excluding diaryl/α,β-unsaturated/α-hetero) is 1. The van der Waals surface area contributed by atoms with Gasteiger partial charge in [-0.1, -0.05) is 0 Å². The second-order valence-electron chi connectivity index (χ2n) is 7.60. The molecule has 0 spiro atoms. The highest BCUT2D eigenvalue weighted by atomic mass is 16.1. The molecule has 4 saturated carbocycles. The van der Waals surface area contributed by atoms with Crippen LogP contribution in [0.4, 0.5) is 0 Å². The summed E-state index contributed by atoms with van der Waals surface area (Å²) in [5.41, 5.74) is 0.136. The first-order chi connectivity index (χ1) is 8.73. The van der Waals surface area contributed by atoms with Gasteiger partial charge in [-0.2, -0.15) is 0 Å². The Balaban J connectivity index is 1.50. The second-order valence-corrected chi connectivity index (χ2v) is 7.60. The first-order valence-electron chi connectivity index (χ1n) is 7.99. The third-order valence-electron chi connectivity index (χ3n) is 6.20. The van der Waals surface area contributed by atoms with Gasteiger partial charge < -0.3 is 0 Å². The zero-order valence-electron chi connectivity index (χ0n) is 11.4. The molecule has 0 N–H and O–H groups in total. The monoisotopic (exact) mass is 247 g/mol. The normalized spacial score (nSPS) is 46.8. The number of ketones is 1. The zero-order chi connectivity index (χ0) is 12.2. The lowest BCUT2D eigenvalue weighted by atomic mass is 9.48. The van der Waals surface area contributed by atoms with Crippen molar-refractivity contribution in [3.63, 3.8) is 0 Å². The number of hydrogen-bond donors (Lipinski definition) is 0. The van der Waals surface area contributed by atoms with Crippen LogP contribution in [-0.4, -0.2) is 30.3 Å². The van der Waals surface area contributed by atoms with E-state index in [9.17, 15) is 4.79 Å². The van der Waals surface area contributed by atoms with Crippen molar-refractivity contribution in [1.29, 1.82) is 0 Å². The molecule has 1 aliphatic heterocycles. The highest BCUT2D eigenvalue weighted by Gasteiger charge is 2.54. The van der Waals surface area contributed by atoms with E-state index < -0.39 is 0 Å². The highest BCUT2D eigenvalue weighted by molar-refractivity contribution is 5.87. The number of nitrogens with zero attached hydrogens (tertiary/aromatic N) is 1. The molecule has 5 rings (SSSR count). The summed E-state index contributed by atoms with van der Waals surface area (Å²) in [5.74, 6) is 3.32. The van der Waals surface area contributed by atoms with Crippen LogP contribution in [0.2, 0.25) is 0 Å². The largest absolute Gasteiger partial charge is 0.298 e. The molecule has 0 radical (unpaired) electrons. The quantitative estimate of drug-likeness (QED) is 0.764. The van der Waals surface area contributed by atoms with Crippen LogP contribution in [-0.2, 0) is 4.79 Å². The molecule has 18 heavy (non-hydrogen) atoms. The minimum absolute atomic E-state index is 0.136. The standard InChI is InChI=1S/C16H25NO/c18-15(11-17-3-1-2-4-17)16-8-12-5-13(9-16)7-14(6-12)10-16/h12-14H,1-11H2. The Morgan fingerprint density at radius 3 is 1.94 bits per heavy atom. The van der Waals surface area contributed by atoms with E-state index in [1.165, 1.54) is 51.4 Å². The maximum atomic E-state index is 12.8.